The second-order valence-electron chi connectivity index (χ2n) is 5.18. The minimum Gasteiger partial charge on any atom is -0.313 e. The van der Waals surface area contributed by atoms with Crippen LogP contribution in [0.2, 0.25) is 0 Å². The molecule has 0 bridgehead atoms. The van der Waals surface area contributed by atoms with E-state index in [0.29, 0.717) is 6.04 Å². The molecule has 2 rings (SSSR count). The molecule has 0 aliphatic carbocycles. The molecule has 1 aromatic carbocycles. The van der Waals surface area contributed by atoms with E-state index < -0.39 is 0 Å². The molecule has 1 fully saturated rings. The number of hydrogen-bond donors (Lipinski definition) is 1. The first-order chi connectivity index (χ1) is 8.72. The van der Waals surface area contributed by atoms with Crippen LogP contribution in [0.3, 0.4) is 0 Å². The first-order valence-electron chi connectivity index (χ1n) is 6.90. The van der Waals surface area contributed by atoms with Crippen LogP contribution in [0, 0.1) is 5.82 Å². The van der Waals surface area contributed by atoms with Gasteiger partial charge in [-0.05, 0) is 38.9 Å². The maximum atomic E-state index is 13.9. The van der Waals surface area contributed by atoms with Crippen LogP contribution < -0.4 is 5.32 Å². The van der Waals surface area contributed by atoms with E-state index in [2.05, 4.69) is 24.2 Å². The van der Waals surface area contributed by atoms with Crippen LogP contribution in [0.25, 0.3) is 0 Å². The second-order valence-corrected chi connectivity index (χ2v) is 5.18. The van der Waals surface area contributed by atoms with E-state index in [1.165, 1.54) is 12.8 Å². The Morgan fingerprint density at radius 1 is 1.44 bits per heavy atom. The molecule has 1 N–H and O–H groups in total. The number of likely N-dealkylation sites (N-methyl/N-ethyl adjacent to an activating group) is 1. The number of hydrogen-bond acceptors (Lipinski definition) is 2. The summed E-state index contributed by atoms with van der Waals surface area (Å²) in [5.41, 5.74) is 0.820. The first-order valence-corrected chi connectivity index (χ1v) is 6.90. The van der Waals surface area contributed by atoms with Crippen molar-refractivity contribution < 1.29 is 4.39 Å². The lowest BCUT2D eigenvalue weighted by Crippen LogP contribution is -2.37. The van der Waals surface area contributed by atoms with E-state index >= 15 is 0 Å². The third-order valence-electron chi connectivity index (χ3n) is 3.85. The molecule has 1 aliphatic heterocycles. The average molecular weight is 250 g/mol. The summed E-state index contributed by atoms with van der Waals surface area (Å²) in [6, 6.07) is 7.87. The molecule has 0 aromatic heterocycles. The summed E-state index contributed by atoms with van der Waals surface area (Å²) in [6.45, 7) is 4.23. The Hall–Kier alpha value is -0.930. The summed E-state index contributed by atoms with van der Waals surface area (Å²) in [6.07, 6.45) is 3.43. The summed E-state index contributed by atoms with van der Waals surface area (Å²) in [4.78, 5) is 2.28. The van der Waals surface area contributed by atoms with E-state index in [0.717, 1.165) is 25.1 Å². The molecule has 1 aliphatic rings. The number of rotatable bonds is 5. The van der Waals surface area contributed by atoms with E-state index in [1.54, 1.807) is 12.1 Å². The molecular formula is C15H23FN2. The highest BCUT2D eigenvalue weighted by Gasteiger charge is 2.22. The predicted molar refractivity (Wildman–Crippen MR) is 73.1 cm³/mol. The monoisotopic (exact) mass is 250 g/mol. The van der Waals surface area contributed by atoms with Gasteiger partial charge in [-0.1, -0.05) is 25.1 Å². The van der Waals surface area contributed by atoms with Crippen LogP contribution in [0.4, 0.5) is 4.39 Å². The lowest BCUT2D eigenvalue weighted by Gasteiger charge is -2.30. The Balaban J connectivity index is 2.05. The van der Waals surface area contributed by atoms with Gasteiger partial charge in [0.15, 0.2) is 0 Å². The number of halogens is 1. The van der Waals surface area contributed by atoms with E-state index in [9.17, 15) is 4.39 Å². The predicted octanol–water partition coefficient (Wildman–Crippen LogP) is 2.96. The molecule has 100 valence electrons. The van der Waals surface area contributed by atoms with Crippen molar-refractivity contribution in [3.63, 3.8) is 0 Å². The third kappa shape index (κ3) is 3.09. The van der Waals surface area contributed by atoms with Crippen molar-refractivity contribution in [2.24, 2.45) is 0 Å². The molecular weight excluding hydrogens is 227 g/mol. The average Bonchev–Trinajstić information content (AvgIpc) is 2.85. The summed E-state index contributed by atoms with van der Waals surface area (Å²) in [5, 5.41) is 3.50. The largest absolute Gasteiger partial charge is 0.313 e. The molecule has 0 saturated carbocycles. The van der Waals surface area contributed by atoms with Gasteiger partial charge < -0.3 is 5.32 Å². The van der Waals surface area contributed by atoms with Gasteiger partial charge in [-0.15, -0.1) is 0 Å². The zero-order valence-electron chi connectivity index (χ0n) is 11.3. The van der Waals surface area contributed by atoms with Gasteiger partial charge >= 0.3 is 0 Å². The quantitative estimate of drug-likeness (QED) is 0.864. The lowest BCUT2D eigenvalue weighted by atomic mass is 10.0. The highest BCUT2D eigenvalue weighted by atomic mass is 19.1. The maximum Gasteiger partial charge on any atom is 0.127 e. The van der Waals surface area contributed by atoms with E-state index in [-0.39, 0.29) is 11.9 Å². The first kappa shape index (κ1) is 13.5. The highest BCUT2D eigenvalue weighted by molar-refractivity contribution is 5.21. The molecule has 2 atom stereocenters. The molecule has 0 radical (unpaired) electrons. The fraction of sp³-hybridized carbons (Fsp3) is 0.600. The zero-order chi connectivity index (χ0) is 13.0. The highest BCUT2D eigenvalue weighted by Crippen LogP contribution is 2.25. The van der Waals surface area contributed by atoms with Gasteiger partial charge in [0.2, 0.25) is 0 Å². The zero-order valence-corrected chi connectivity index (χ0v) is 11.3. The van der Waals surface area contributed by atoms with Crippen molar-refractivity contribution in [3.8, 4) is 0 Å². The standard InChI is InChI=1S/C15H23FN2/c1-3-15(13-8-4-5-9-14(13)16)18(2)11-12-7-6-10-17-12/h4-5,8-9,12,15,17H,3,6-7,10-11H2,1-2H3. The molecule has 0 amide bonds. The molecule has 1 aromatic rings. The molecule has 2 nitrogen and oxygen atoms in total. The van der Waals surface area contributed by atoms with Gasteiger partial charge in [0.05, 0.1) is 0 Å². The van der Waals surface area contributed by atoms with Crippen LogP contribution in [-0.2, 0) is 0 Å². The Labute approximate surface area is 109 Å². The maximum absolute atomic E-state index is 13.9. The van der Waals surface area contributed by atoms with E-state index in [4.69, 9.17) is 0 Å². The summed E-state index contributed by atoms with van der Waals surface area (Å²) >= 11 is 0. The van der Waals surface area contributed by atoms with Gasteiger partial charge in [0.25, 0.3) is 0 Å². The van der Waals surface area contributed by atoms with Crippen LogP contribution in [0.5, 0.6) is 0 Å². The van der Waals surface area contributed by atoms with Crippen molar-refractivity contribution in [3.05, 3.63) is 35.6 Å². The van der Waals surface area contributed by atoms with Crippen LogP contribution in [0.1, 0.15) is 37.8 Å². The van der Waals surface area contributed by atoms with Gasteiger partial charge in [0.1, 0.15) is 5.82 Å². The van der Waals surface area contributed by atoms with Crippen LogP contribution in [0.15, 0.2) is 24.3 Å². The van der Waals surface area contributed by atoms with Crippen molar-refractivity contribution in [1.29, 1.82) is 0 Å². The fourth-order valence-electron chi connectivity index (χ4n) is 2.90. The number of nitrogens with zero attached hydrogens (tertiary/aromatic N) is 1. The molecule has 3 heteroatoms. The summed E-state index contributed by atoms with van der Waals surface area (Å²) in [7, 11) is 2.10. The van der Waals surface area contributed by atoms with Crippen LogP contribution >= 0.6 is 0 Å². The van der Waals surface area contributed by atoms with Gasteiger partial charge in [-0.2, -0.15) is 0 Å². The van der Waals surface area contributed by atoms with Crippen molar-refractivity contribution in [2.45, 2.75) is 38.3 Å². The van der Waals surface area contributed by atoms with Gasteiger partial charge in [0, 0.05) is 24.2 Å². The third-order valence-corrected chi connectivity index (χ3v) is 3.85. The SMILES string of the molecule is CCC(c1ccccc1F)N(C)CC1CCCN1. The number of nitrogens with one attached hydrogen (secondary N) is 1. The minimum atomic E-state index is -0.0874. The minimum absolute atomic E-state index is 0.0874. The van der Waals surface area contributed by atoms with Crippen LogP contribution in [-0.4, -0.2) is 31.1 Å². The van der Waals surface area contributed by atoms with Crippen molar-refractivity contribution in [1.82, 2.24) is 10.2 Å². The van der Waals surface area contributed by atoms with Crippen molar-refractivity contribution in [2.75, 3.05) is 20.1 Å². The Morgan fingerprint density at radius 3 is 2.83 bits per heavy atom. The Morgan fingerprint density at radius 2 is 2.22 bits per heavy atom. The Bertz CT molecular complexity index is 375. The topological polar surface area (TPSA) is 15.3 Å². The van der Waals surface area contributed by atoms with Gasteiger partial charge in [-0.3, -0.25) is 4.90 Å². The number of benzene rings is 1. The van der Waals surface area contributed by atoms with Crippen molar-refractivity contribution >= 4 is 0 Å². The second kappa shape index (κ2) is 6.30. The molecule has 1 saturated heterocycles. The summed E-state index contributed by atoms with van der Waals surface area (Å²) in [5.74, 6) is -0.0874. The lowest BCUT2D eigenvalue weighted by molar-refractivity contribution is 0.214. The molecule has 18 heavy (non-hydrogen) atoms. The van der Waals surface area contributed by atoms with E-state index in [1.807, 2.05) is 12.1 Å². The fourth-order valence-corrected chi connectivity index (χ4v) is 2.90. The Kier molecular flexibility index (Phi) is 4.72. The molecule has 2 unspecified atom stereocenters. The molecule has 0 spiro atoms. The molecule has 1 heterocycles. The normalized spacial score (nSPS) is 21.4. The smallest absolute Gasteiger partial charge is 0.127 e. The summed E-state index contributed by atoms with van der Waals surface area (Å²) < 4.78 is 13.9. The van der Waals surface area contributed by atoms with Gasteiger partial charge in [-0.25, -0.2) is 4.39 Å².